The number of benzene rings is 1. The van der Waals surface area contributed by atoms with E-state index in [4.69, 9.17) is 21.9 Å². The summed E-state index contributed by atoms with van der Waals surface area (Å²) >= 11 is 2.53. The normalized spacial score (nSPS) is 21.7. The number of hydrogen-bond acceptors (Lipinski definition) is 23. The summed E-state index contributed by atoms with van der Waals surface area (Å²) in [6.45, 7) is 11.5. The van der Waals surface area contributed by atoms with Crippen LogP contribution < -0.4 is 86.3 Å². The smallest absolute Gasteiger partial charge is 0.408 e. The third-order valence-electron chi connectivity index (χ3n) is 16.0. The number of aliphatic carboxylic acids is 1. The summed E-state index contributed by atoms with van der Waals surface area (Å²) in [5, 5.41) is 52.5. The van der Waals surface area contributed by atoms with Crippen molar-refractivity contribution >= 4 is 142 Å². The van der Waals surface area contributed by atoms with Crippen molar-refractivity contribution in [2.24, 2.45) is 29.0 Å². The number of aromatic hydroxyl groups is 1. The topological polar surface area (TPSA) is 595 Å². The fourth-order valence-electron chi connectivity index (χ4n) is 10.5. The lowest BCUT2D eigenvalue weighted by molar-refractivity contribution is -0.142. The summed E-state index contributed by atoms with van der Waals surface area (Å²) < 4.78 is 5.12. The maximum absolute atomic E-state index is 14.9. The second-order valence-corrected chi connectivity index (χ2v) is 29.9. The molecule has 2 saturated heterocycles. The zero-order valence-corrected chi connectivity index (χ0v) is 63.6. The molecule has 0 aromatic heterocycles. The van der Waals surface area contributed by atoms with Gasteiger partial charge in [-0.15, -0.1) is 35.3 Å². The highest BCUT2D eigenvalue weighted by Gasteiger charge is 2.41. The first-order valence-corrected chi connectivity index (χ1v) is 38.1. The number of alkyl carbamates (subject to hydrolysis) is 1. The van der Waals surface area contributed by atoms with Crippen LogP contribution in [0.2, 0.25) is 0 Å². The highest BCUT2D eigenvalue weighted by Crippen LogP contribution is 2.22. The quantitative estimate of drug-likeness (QED) is 0.0349. The number of nitrogens with zero attached hydrogens (tertiary/aromatic N) is 1. The lowest BCUT2D eigenvalue weighted by Gasteiger charge is -2.31. The number of hydrogen-bond donors (Lipinski definition) is 18. The van der Waals surface area contributed by atoms with Crippen molar-refractivity contribution in [2.75, 3.05) is 67.2 Å². The molecule has 107 heavy (non-hydrogen) atoms. The Morgan fingerprint density at radius 1 is 0.692 bits per heavy atom. The van der Waals surface area contributed by atoms with Crippen LogP contribution in [0.5, 0.6) is 5.75 Å². The summed E-state index contributed by atoms with van der Waals surface area (Å²) in [4.78, 5) is 243. The minimum Gasteiger partial charge on any atom is -0.508 e. The van der Waals surface area contributed by atoms with Crippen molar-refractivity contribution in [2.45, 2.75) is 186 Å². The van der Waals surface area contributed by atoms with E-state index >= 15 is 0 Å². The van der Waals surface area contributed by atoms with Gasteiger partial charge < -0.3 is 106 Å². The first-order chi connectivity index (χ1) is 50.3. The number of carboxylic acid groups (broad SMARTS) is 1. The molecule has 38 nitrogen and oxygen atoms in total. The molecule has 11 atom stereocenters. The Labute approximate surface area is 631 Å². The van der Waals surface area contributed by atoms with E-state index in [1.807, 2.05) is 0 Å². The average molecular weight is 1570 g/mol. The molecule has 2 aliphatic rings. The van der Waals surface area contributed by atoms with Gasteiger partial charge in [-0.05, 0) is 88.8 Å². The molecule has 596 valence electrons. The number of amides is 17. The monoisotopic (exact) mass is 1570 g/mol. The highest BCUT2D eigenvalue weighted by molar-refractivity contribution is 8.00. The van der Waals surface area contributed by atoms with E-state index in [2.05, 4.69) is 69.1 Å². The molecule has 1 aromatic rings. The van der Waals surface area contributed by atoms with E-state index < -0.39 is 222 Å². The van der Waals surface area contributed by atoms with E-state index in [1.54, 1.807) is 48.5 Å². The van der Waals surface area contributed by atoms with Crippen molar-refractivity contribution < 1.29 is 101 Å². The van der Waals surface area contributed by atoms with Crippen molar-refractivity contribution in [3.05, 3.63) is 29.8 Å². The van der Waals surface area contributed by atoms with Crippen LogP contribution in [-0.2, 0) is 92.7 Å². The fraction of sp³-hybridized carbons (Fsp3) is 0.636. The number of carboxylic acids is 1. The molecule has 0 radical (unpaired) electrons. The van der Waals surface area contributed by atoms with E-state index in [-0.39, 0.29) is 100 Å². The molecule has 41 heteroatoms. The number of carbonyl (C=O) groups is 18. The van der Waals surface area contributed by atoms with Gasteiger partial charge >= 0.3 is 12.1 Å². The van der Waals surface area contributed by atoms with E-state index in [0.29, 0.717) is 5.56 Å². The number of rotatable bonds is 28. The Hall–Kier alpha value is -9.67. The molecule has 21 N–H and O–H groups in total. The average Bonchev–Trinajstić information content (AvgIpc) is 1.75. The summed E-state index contributed by atoms with van der Waals surface area (Å²) in [6, 6.07) is -9.63. The minimum absolute atomic E-state index is 0.0121. The predicted octanol–water partition coefficient (Wildman–Crippen LogP) is -5.02. The van der Waals surface area contributed by atoms with Crippen LogP contribution in [-0.4, -0.2) is 255 Å². The maximum Gasteiger partial charge on any atom is 0.408 e. The Kier molecular flexibility index (Phi) is 39.7. The maximum atomic E-state index is 14.9. The van der Waals surface area contributed by atoms with Crippen molar-refractivity contribution in [3.63, 3.8) is 0 Å². The largest absolute Gasteiger partial charge is 0.508 e. The molecule has 2 heterocycles. The molecule has 0 unspecified atom stereocenters. The van der Waals surface area contributed by atoms with Crippen LogP contribution in [0.4, 0.5) is 4.79 Å². The number of thioether (sulfide) groups is 3. The van der Waals surface area contributed by atoms with E-state index in [9.17, 15) is 96.5 Å². The number of likely N-dealkylation sites (tertiary alicyclic amines) is 1. The molecular formula is C66H103N17O21S3. The second kappa shape index (κ2) is 46.4. The molecule has 0 aliphatic carbocycles. The molecule has 0 bridgehead atoms. The van der Waals surface area contributed by atoms with Gasteiger partial charge in [0.15, 0.2) is 0 Å². The summed E-state index contributed by atoms with van der Waals surface area (Å²) in [5.74, 6) is -18.7. The van der Waals surface area contributed by atoms with Crippen LogP contribution >= 0.6 is 35.3 Å². The van der Waals surface area contributed by atoms with Crippen LogP contribution in [0.3, 0.4) is 0 Å². The number of phenolic OH excluding ortho intramolecular Hbond substituents is 1. The van der Waals surface area contributed by atoms with Crippen LogP contribution in [0.15, 0.2) is 24.3 Å². The lowest BCUT2D eigenvalue weighted by atomic mass is 9.96. The molecule has 2 fully saturated rings. The van der Waals surface area contributed by atoms with Gasteiger partial charge in [0.25, 0.3) is 0 Å². The van der Waals surface area contributed by atoms with Gasteiger partial charge in [0.2, 0.25) is 94.5 Å². The molecule has 1 aromatic carbocycles. The predicted molar refractivity (Wildman–Crippen MR) is 392 cm³/mol. The van der Waals surface area contributed by atoms with Crippen LogP contribution in [0.25, 0.3) is 0 Å². The Bertz CT molecular complexity index is 3330. The van der Waals surface area contributed by atoms with Gasteiger partial charge in [0.1, 0.15) is 71.8 Å². The Balaban J connectivity index is 2.10. The Morgan fingerprint density at radius 3 is 1.93 bits per heavy atom. The van der Waals surface area contributed by atoms with Crippen molar-refractivity contribution in [1.29, 1.82) is 0 Å². The van der Waals surface area contributed by atoms with Gasteiger partial charge in [-0.25, -0.2) is 9.59 Å². The van der Waals surface area contributed by atoms with Crippen molar-refractivity contribution in [1.82, 2.24) is 74.0 Å². The van der Waals surface area contributed by atoms with Gasteiger partial charge in [0, 0.05) is 63.2 Å². The third-order valence-corrected chi connectivity index (χ3v) is 19.1. The van der Waals surface area contributed by atoms with E-state index in [0.717, 1.165) is 47.1 Å². The summed E-state index contributed by atoms with van der Waals surface area (Å²) in [5.41, 5.74) is 15.8. The molecular weight excluding hydrogens is 1460 g/mol. The molecule has 0 spiro atoms. The standard InChI is InChI=1S/C66H103N17O21S3/c1-9-35(4)54-62(99)76-40(18-19-48(67)86)57(94)78-43(26-49(68)87)58(95)80-45(63(100)83-23-11-13-47(83)61(98)79-41(24-34(2)3)56(93)73-27-50(69)88)29-106-31-51(89)70-20-10-12-39(55(92)72-22-21-71-52(90)32-107-30-46(64(101)102)81-65(103)104-66(6,7)8)75-53(91)33-105-28-44(74-36(5)84)60(97)77-42(59(96)82-54)25-37-14-16-38(85)17-15-37/h14-17,34-35,39-47,54,85H,9-13,18-33H2,1-8H3,(H2,67,86)(H2,68,87)(H2,69,88)(H,70,89)(H,71,90)(H,72,92)(H,73,93)(H,74,84)(H,75,91)(H,76,99)(H,77,97)(H,78,94)(H,79,98)(H,80,95)(H,81,103)(H,82,96)(H,101,102)/t35-,39+,40-,41-,42-,43-,44-,45-,46-,47-,54-/m0/s1. The first kappa shape index (κ1) is 91.5. The number of phenols is 1. The van der Waals surface area contributed by atoms with Gasteiger partial charge in [-0.2, -0.15) is 0 Å². The fourth-order valence-corrected chi connectivity index (χ4v) is 13.1. The lowest BCUT2D eigenvalue weighted by Crippen LogP contribution is -2.61. The SMILES string of the molecule is CC[C@H](C)[C@@H]1NC(=O)[C@H](Cc2ccc(O)cc2)NC(=O)[C@@H](NC(C)=O)CSCC(=O)N[C@@H](C(=O)NCCNC(=O)CSC[C@H](NC(=O)OC(C)(C)C)C(=O)O)CCCNC(=O)CSC[C@@H](C(=O)N2CCC[C@H]2C(=O)N[C@@H](CC(C)C)C(=O)NCC(N)=O)NC(=O)[C@H](CC(N)=O)NC(=O)[C@H](CCC(N)=O)NC1=O. The van der Waals surface area contributed by atoms with Gasteiger partial charge in [0.05, 0.1) is 30.2 Å². The number of primary amides is 3. The number of ether oxygens (including phenoxy) is 1. The summed E-state index contributed by atoms with van der Waals surface area (Å²) in [6.07, 6.45) is -2.86. The molecule has 2 aliphatic heterocycles. The second-order valence-electron chi connectivity index (χ2n) is 26.8. The Morgan fingerprint density at radius 2 is 1.32 bits per heavy atom. The highest BCUT2D eigenvalue weighted by atomic mass is 32.2. The van der Waals surface area contributed by atoms with Crippen LogP contribution in [0.1, 0.15) is 119 Å². The van der Waals surface area contributed by atoms with E-state index in [1.165, 1.54) is 24.3 Å². The van der Waals surface area contributed by atoms with Gasteiger partial charge in [-0.3, -0.25) is 76.7 Å². The number of nitrogens with two attached hydrogens (primary N) is 3. The van der Waals surface area contributed by atoms with Crippen LogP contribution in [0, 0.1) is 11.8 Å². The summed E-state index contributed by atoms with van der Waals surface area (Å²) in [7, 11) is 0. The molecule has 17 amide bonds. The zero-order valence-electron chi connectivity index (χ0n) is 61.1. The minimum atomic E-state index is -1.95. The molecule has 3 rings (SSSR count). The molecule has 0 saturated carbocycles. The zero-order chi connectivity index (χ0) is 80.3. The number of carbonyl (C=O) groups excluding carboxylic acids is 17. The number of nitrogens with one attached hydrogen (secondary N) is 13. The third kappa shape index (κ3) is 35.5. The van der Waals surface area contributed by atoms with Gasteiger partial charge in [-0.1, -0.05) is 46.2 Å². The van der Waals surface area contributed by atoms with Crippen molar-refractivity contribution in [3.8, 4) is 5.75 Å². The first-order valence-electron chi connectivity index (χ1n) is 34.6.